The largest absolute Gasteiger partial charge is 0.497 e. The van der Waals surface area contributed by atoms with E-state index in [0.29, 0.717) is 13.2 Å². The fourth-order valence-electron chi connectivity index (χ4n) is 5.30. The minimum Gasteiger partial charge on any atom is -0.497 e. The molecule has 0 saturated carbocycles. The van der Waals surface area contributed by atoms with Crippen LogP contribution >= 0.6 is 0 Å². The summed E-state index contributed by atoms with van der Waals surface area (Å²) in [5.41, 5.74) is 3.39. The molecule has 0 N–H and O–H groups in total. The molecule has 5 aromatic rings. The summed E-state index contributed by atoms with van der Waals surface area (Å²) in [6.07, 6.45) is 0. The van der Waals surface area contributed by atoms with E-state index in [-0.39, 0.29) is 0 Å². The zero-order valence-electron chi connectivity index (χ0n) is 19.6. The lowest BCUT2D eigenvalue weighted by molar-refractivity contribution is 0.133. The molecule has 0 atom stereocenters. The predicted molar refractivity (Wildman–Crippen MR) is 143 cm³/mol. The molecule has 4 aromatic carbocycles. The Morgan fingerprint density at radius 1 is 0.600 bits per heavy atom. The molecule has 172 valence electrons. The Bertz CT molecular complexity index is 1330. The maximum absolute atomic E-state index is 7.02. The molecule has 1 aliphatic heterocycles. The lowest BCUT2D eigenvalue weighted by atomic mass is 10.1. The SMILES string of the molecule is COc1ccc(-c2oc([Si](c3ccccc3)(c3ccccc3)c3ccccc3)c3c2COC3)cc1. The van der Waals surface area contributed by atoms with Crippen molar-refractivity contribution in [3.05, 3.63) is 126 Å². The molecule has 0 amide bonds. The van der Waals surface area contributed by atoms with E-state index in [4.69, 9.17) is 13.9 Å². The molecule has 0 unspecified atom stereocenters. The third-order valence-corrected chi connectivity index (χ3v) is 11.6. The Morgan fingerprint density at radius 2 is 1.09 bits per heavy atom. The van der Waals surface area contributed by atoms with Crippen LogP contribution in [0.5, 0.6) is 5.75 Å². The summed E-state index contributed by atoms with van der Waals surface area (Å²) in [7, 11) is -1.07. The van der Waals surface area contributed by atoms with E-state index in [1.807, 2.05) is 12.1 Å². The Kier molecular flexibility index (Phi) is 5.61. The first-order valence-corrected chi connectivity index (χ1v) is 13.9. The van der Waals surface area contributed by atoms with E-state index in [1.54, 1.807) is 7.11 Å². The van der Waals surface area contributed by atoms with Gasteiger partial charge in [-0.15, -0.1) is 0 Å². The summed E-state index contributed by atoms with van der Waals surface area (Å²) in [6, 6.07) is 40.7. The number of hydrogen-bond acceptors (Lipinski definition) is 3. The van der Waals surface area contributed by atoms with Gasteiger partial charge in [-0.1, -0.05) is 91.0 Å². The number of furan rings is 1. The van der Waals surface area contributed by atoms with Gasteiger partial charge < -0.3 is 13.9 Å². The van der Waals surface area contributed by atoms with Crippen molar-refractivity contribution in [3.63, 3.8) is 0 Å². The second-order valence-electron chi connectivity index (χ2n) is 8.79. The average molecular weight is 475 g/mol. The highest BCUT2D eigenvalue weighted by Crippen LogP contribution is 2.34. The number of rotatable bonds is 6. The molecule has 0 saturated heterocycles. The summed E-state index contributed by atoms with van der Waals surface area (Å²) < 4.78 is 18.4. The van der Waals surface area contributed by atoms with E-state index < -0.39 is 8.07 Å². The molecule has 0 radical (unpaired) electrons. The highest BCUT2D eigenvalue weighted by molar-refractivity contribution is 7.19. The van der Waals surface area contributed by atoms with Crippen LogP contribution in [0, 0.1) is 0 Å². The molecule has 0 aliphatic carbocycles. The molecule has 6 rings (SSSR count). The van der Waals surface area contributed by atoms with Crippen LogP contribution in [0.1, 0.15) is 11.1 Å². The summed E-state index contributed by atoms with van der Waals surface area (Å²) >= 11 is 0. The van der Waals surface area contributed by atoms with Crippen molar-refractivity contribution in [1.29, 1.82) is 0 Å². The van der Waals surface area contributed by atoms with E-state index in [0.717, 1.165) is 28.0 Å². The van der Waals surface area contributed by atoms with Gasteiger partial charge in [-0.05, 0) is 39.8 Å². The number of ether oxygens (including phenoxy) is 2. The second kappa shape index (κ2) is 9.06. The molecule has 4 heteroatoms. The normalized spacial score (nSPS) is 12.9. The van der Waals surface area contributed by atoms with Crippen molar-refractivity contribution in [1.82, 2.24) is 0 Å². The van der Waals surface area contributed by atoms with Crippen LogP contribution in [-0.2, 0) is 18.0 Å². The summed E-state index contributed by atoms with van der Waals surface area (Å²) in [5, 5.41) is 4.94. The Morgan fingerprint density at radius 3 is 1.57 bits per heavy atom. The Hall–Kier alpha value is -3.86. The predicted octanol–water partition coefficient (Wildman–Crippen LogP) is 4.36. The van der Waals surface area contributed by atoms with Gasteiger partial charge in [-0.2, -0.15) is 0 Å². The van der Waals surface area contributed by atoms with Gasteiger partial charge in [0.15, 0.2) is 0 Å². The van der Waals surface area contributed by atoms with Gasteiger partial charge in [0.2, 0.25) is 8.07 Å². The van der Waals surface area contributed by atoms with Crippen molar-refractivity contribution < 1.29 is 13.9 Å². The molecule has 1 aliphatic rings. The number of fused-ring (bicyclic) bond motifs is 1. The lowest BCUT2D eigenvalue weighted by Gasteiger charge is -2.32. The molecule has 0 bridgehead atoms. The first-order valence-electron chi connectivity index (χ1n) is 11.9. The quantitative estimate of drug-likeness (QED) is 0.271. The van der Waals surface area contributed by atoms with Crippen LogP contribution < -0.4 is 25.7 Å². The van der Waals surface area contributed by atoms with Crippen LogP contribution in [0.25, 0.3) is 11.3 Å². The minimum absolute atomic E-state index is 0.559. The first-order chi connectivity index (χ1) is 17.3. The van der Waals surface area contributed by atoms with Gasteiger partial charge in [0, 0.05) is 16.7 Å². The second-order valence-corrected chi connectivity index (χ2v) is 12.5. The van der Waals surface area contributed by atoms with Crippen molar-refractivity contribution in [2.24, 2.45) is 0 Å². The molecule has 1 aromatic heterocycles. The van der Waals surface area contributed by atoms with Crippen LogP contribution in [0.3, 0.4) is 0 Å². The molecule has 0 spiro atoms. The van der Waals surface area contributed by atoms with Crippen LogP contribution in [0.15, 0.2) is 120 Å². The first kappa shape index (κ1) is 21.7. The number of hydrogen-bond donors (Lipinski definition) is 0. The minimum atomic E-state index is -2.76. The highest BCUT2D eigenvalue weighted by atomic mass is 28.3. The third-order valence-electron chi connectivity index (χ3n) is 6.92. The van der Waals surface area contributed by atoms with Crippen molar-refractivity contribution in [2.45, 2.75) is 13.2 Å². The van der Waals surface area contributed by atoms with E-state index in [9.17, 15) is 0 Å². The maximum atomic E-state index is 7.02. The maximum Gasteiger partial charge on any atom is 0.224 e. The summed E-state index contributed by atoms with van der Waals surface area (Å²) in [5.74, 6) is 1.73. The number of methoxy groups -OCH3 is 1. The van der Waals surface area contributed by atoms with Crippen LogP contribution in [0.2, 0.25) is 0 Å². The van der Waals surface area contributed by atoms with Gasteiger partial charge in [-0.3, -0.25) is 0 Å². The van der Waals surface area contributed by atoms with Gasteiger partial charge in [0.1, 0.15) is 16.9 Å². The fraction of sp³-hybridized carbons (Fsp3) is 0.0968. The van der Waals surface area contributed by atoms with E-state index >= 15 is 0 Å². The topological polar surface area (TPSA) is 31.6 Å². The molecule has 35 heavy (non-hydrogen) atoms. The molecule has 2 heterocycles. The lowest BCUT2D eigenvalue weighted by Crippen LogP contribution is -2.75. The van der Waals surface area contributed by atoms with Gasteiger partial charge in [0.25, 0.3) is 0 Å². The van der Waals surface area contributed by atoms with Crippen LogP contribution in [0.4, 0.5) is 0 Å². The van der Waals surface area contributed by atoms with Crippen molar-refractivity contribution >= 4 is 29.0 Å². The van der Waals surface area contributed by atoms with Crippen LogP contribution in [-0.4, -0.2) is 15.2 Å². The smallest absolute Gasteiger partial charge is 0.224 e. The van der Waals surface area contributed by atoms with E-state index in [1.165, 1.54) is 21.1 Å². The third kappa shape index (κ3) is 3.54. The van der Waals surface area contributed by atoms with Crippen molar-refractivity contribution in [2.75, 3.05) is 7.11 Å². The molecule has 3 nitrogen and oxygen atoms in total. The Labute approximate surface area is 206 Å². The Balaban J connectivity index is 1.69. The van der Waals surface area contributed by atoms with Gasteiger partial charge in [0.05, 0.1) is 20.3 Å². The highest BCUT2D eigenvalue weighted by Gasteiger charge is 2.48. The molecular formula is C31H26O3Si. The summed E-state index contributed by atoms with van der Waals surface area (Å²) in [6.45, 7) is 1.12. The zero-order valence-corrected chi connectivity index (χ0v) is 20.6. The fourth-order valence-corrected chi connectivity index (χ4v) is 10.1. The standard InChI is InChI=1S/C31H26O3Si/c1-32-24-19-17-23(18-20-24)30-28-21-33-22-29(28)31(34-30)35(25-11-5-2-6-12-25,26-13-7-3-8-14-26)27-15-9-4-10-16-27/h2-20H,21-22H2,1H3. The zero-order chi connectivity index (χ0) is 23.7. The average Bonchev–Trinajstić information content (AvgIpc) is 3.55. The van der Waals surface area contributed by atoms with E-state index in [2.05, 4.69) is 103 Å². The molecule has 0 fully saturated rings. The monoisotopic (exact) mass is 474 g/mol. The van der Waals surface area contributed by atoms with Gasteiger partial charge >= 0.3 is 0 Å². The molecular weight excluding hydrogens is 448 g/mol. The number of benzene rings is 4. The van der Waals surface area contributed by atoms with Crippen molar-refractivity contribution in [3.8, 4) is 17.1 Å². The van der Waals surface area contributed by atoms with Gasteiger partial charge in [-0.25, -0.2) is 0 Å². The summed E-state index contributed by atoms with van der Waals surface area (Å²) in [4.78, 5) is 0.